The molecule has 0 bridgehead atoms. The summed E-state index contributed by atoms with van der Waals surface area (Å²) in [6.07, 6.45) is 3.60. The van der Waals surface area contributed by atoms with Crippen LogP contribution in [0.4, 0.5) is 0 Å². The van der Waals surface area contributed by atoms with Gasteiger partial charge in [0.25, 0.3) is 11.6 Å². The fourth-order valence-electron chi connectivity index (χ4n) is 4.44. The van der Waals surface area contributed by atoms with Crippen LogP contribution in [0.2, 0.25) is 5.02 Å². The maximum absolute atomic E-state index is 13.8. The van der Waals surface area contributed by atoms with Gasteiger partial charge in [0.05, 0.1) is 11.4 Å². The van der Waals surface area contributed by atoms with E-state index in [1.807, 2.05) is 47.6 Å². The molecule has 0 fully saturated rings. The Morgan fingerprint density at radius 1 is 1.03 bits per heavy atom. The number of pyridine rings is 1. The van der Waals surface area contributed by atoms with Crippen LogP contribution in [0.15, 0.2) is 42.7 Å². The van der Waals surface area contributed by atoms with Crippen molar-refractivity contribution in [3.8, 4) is 11.6 Å². The molecule has 0 spiro atoms. The zero-order valence-electron chi connectivity index (χ0n) is 20.8. The zero-order valence-corrected chi connectivity index (χ0v) is 21.6. The lowest BCUT2D eigenvalue weighted by Crippen LogP contribution is -2.41. The molecule has 1 aliphatic rings. The number of rotatable bonds is 6. The van der Waals surface area contributed by atoms with Crippen LogP contribution in [0.5, 0.6) is 5.88 Å². The molecule has 7 nitrogen and oxygen atoms in total. The zero-order chi connectivity index (χ0) is 25.6. The molecule has 0 atom stereocenters. The molecule has 2 amide bonds. The standard InChI is InChI=1S/C27H29ClN4O3/c1-15(2)12-31-25(33)22(24(27(31)35)30-13-17(5)10-18(6)14-30)21-23(16(3)4)29-32(26(21)34)20-9-7-8-19(28)11-20/h7-11,13-16H,12H2,1-6H3. The van der Waals surface area contributed by atoms with Gasteiger partial charge in [-0.25, -0.2) is 4.68 Å². The number of carbonyl (C=O) groups is 2. The number of amides is 2. The van der Waals surface area contributed by atoms with Crippen LogP contribution in [0.1, 0.15) is 56.0 Å². The Labute approximate surface area is 210 Å². The predicted molar refractivity (Wildman–Crippen MR) is 133 cm³/mol. The normalized spacial score (nSPS) is 14.3. The molecule has 8 heteroatoms. The van der Waals surface area contributed by atoms with Crippen LogP contribution in [0, 0.1) is 19.8 Å². The number of carbonyl (C=O) groups excluding carboxylic acids is 2. The highest BCUT2D eigenvalue weighted by molar-refractivity contribution is 6.45. The minimum absolute atomic E-state index is 0.0678. The molecule has 1 aromatic carbocycles. The van der Waals surface area contributed by atoms with E-state index in [2.05, 4.69) is 5.10 Å². The highest BCUT2D eigenvalue weighted by Crippen LogP contribution is 2.39. The number of hydrogen-bond donors (Lipinski definition) is 0. The molecule has 3 aromatic rings. The van der Waals surface area contributed by atoms with Crippen LogP contribution in [-0.2, 0) is 9.59 Å². The first kappa shape index (κ1) is 24.7. The van der Waals surface area contributed by atoms with Crippen molar-refractivity contribution in [2.24, 2.45) is 5.92 Å². The maximum atomic E-state index is 13.8. The molecule has 0 unspecified atom stereocenters. The van der Waals surface area contributed by atoms with Crippen molar-refractivity contribution in [1.29, 1.82) is 0 Å². The quantitative estimate of drug-likeness (QED) is 0.384. The Balaban J connectivity index is 2.04. The van der Waals surface area contributed by atoms with E-state index in [0.717, 1.165) is 11.1 Å². The molecule has 0 N–H and O–H groups in total. The number of aromatic nitrogens is 3. The van der Waals surface area contributed by atoms with Gasteiger partial charge in [-0.3, -0.25) is 14.5 Å². The number of imide groups is 1. The highest BCUT2D eigenvalue weighted by Gasteiger charge is 2.47. The van der Waals surface area contributed by atoms with E-state index >= 15 is 0 Å². The van der Waals surface area contributed by atoms with Gasteiger partial charge in [0.1, 0.15) is 5.57 Å². The average molecular weight is 493 g/mol. The second kappa shape index (κ2) is 9.30. The van der Waals surface area contributed by atoms with E-state index in [1.54, 1.807) is 41.2 Å². The van der Waals surface area contributed by atoms with Gasteiger partial charge >= 0.3 is 5.91 Å². The third-order valence-corrected chi connectivity index (χ3v) is 6.05. The molecule has 35 heavy (non-hydrogen) atoms. The van der Waals surface area contributed by atoms with Gasteiger partial charge in [-0.05, 0) is 55.8 Å². The molecule has 182 valence electrons. The Morgan fingerprint density at radius 3 is 2.26 bits per heavy atom. The first-order valence-corrected chi connectivity index (χ1v) is 12.0. The minimum atomic E-state index is -0.477. The molecule has 3 heterocycles. The Hall–Kier alpha value is -3.45. The molecule has 0 aliphatic carbocycles. The summed E-state index contributed by atoms with van der Waals surface area (Å²) in [5, 5.41) is 18.9. The topological polar surface area (TPSA) is 82.1 Å². The fraction of sp³-hybridized carbons (Fsp3) is 0.333. The third kappa shape index (κ3) is 4.48. The summed E-state index contributed by atoms with van der Waals surface area (Å²) in [4.78, 5) is 28.7. The largest absolute Gasteiger partial charge is 0.858 e. The summed E-state index contributed by atoms with van der Waals surface area (Å²) >= 11 is 6.16. The molecule has 0 radical (unpaired) electrons. The highest BCUT2D eigenvalue weighted by atomic mass is 35.5. The molecule has 0 saturated heterocycles. The predicted octanol–water partition coefficient (Wildman–Crippen LogP) is 4.02. The molecule has 2 aromatic heterocycles. The van der Waals surface area contributed by atoms with Crippen LogP contribution >= 0.6 is 11.6 Å². The van der Waals surface area contributed by atoms with Crippen molar-refractivity contribution in [3.63, 3.8) is 0 Å². The summed E-state index contributed by atoms with van der Waals surface area (Å²) in [7, 11) is 0. The van der Waals surface area contributed by atoms with Crippen molar-refractivity contribution in [2.75, 3.05) is 6.54 Å². The molecule has 0 saturated carbocycles. The lowest BCUT2D eigenvalue weighted by atomic mass is 9.98. The molecular weight excluding hydrogens is 464 g/mol. The summed E-state index contributed by atoms with van der Waals surface area (Å²) in [5.41, 5.74) is 3.24. The number of benzene rings is 1. The van der Waals surface area contributed by atoms with Crippen molar-refractivity contribution < 1.29 is 19.3 Å². The van der Waals surface area contributed by atoms with Crippen molar-refractivity contribution in [1.82, 2.24) is 14.7 Å². The average Bonchev–Trinajstić information content (AvgIpc) is 3.22. The maximum Gasteiger partial charge on any atom is 0.326 e. The molecular formula is C27H29ClN4O3. The van der Waals surface area contributed by atoms with Crippen molar-refractivity contribution in [3.05, 3.63) is 70.1 Å². The Kier molecular flexibility index (Phi) is 6.56. The first-order chi connectivity index (χ1) is 16.5. The van der Waals surface area contributed by atoms with E-state index in [1.165, 1.54) is 9.58 Å². The third-order valence-electron chi connectivity index (χ3n) is 5.81. The monoisotopic (exact) mass is 492 g/mol. The lowest BCUT2D eigenvalue weighted by Gasteiger charge is -2.17. The van der Waals surface area contributed by atoms with E-state index in [-0.39, 0.29) is 35.2 Å². The van der Waals surface area contributed by atoms with Gasteiger partial charge in [0.2, 0.25) is 0 Å². The van der Waals surface area contributed by atoms with Gasteiger partial charge < -0.3 is 5.11 Å². The van der Waals surface area contributed by atoms with Crippen molar-refractivity contribution >= 4 is 34.7 Å². The fourth-order valence-corrected chi connectivity index (χ4v) is 4.62. The lowest BCUT2D eigenvalue weighted by molar-refractivity contribution is -0.577. The number of nitrogens with zero attached hydrogens (tertiary/aromatic N) is 4. The minimum Gasteiger partial charge on any atom is -0.858 e. The molecule has 4 rings (SSSR count). The van der Waals surface area contributed by atoms with Crippen LogP contribution in [-0.4, -0.2) is 33.0 Å². The van der Waals surface area contributed by atoms with Crippen LogP contribution in [0.25, 0.3) is 17.0 Å². The second-order valence-electron chi connectivity index (χ2n) is 9.75. The van der Waals surface area contributed by atoms with Gasteiger partial charge in [0, 0.05) is 28.3 Å². The van der Waals surface area contributed by atoms with Crippen LogP contribution < -0.4 is 9.67 Å². The molecule has 1 aliphatic heterocycles. The summed E-state index contributed by atoms with van der Waals surface area (Å²) < 4.78 is 2.93. The van der Waals surface area contributed by atoms with E-state index in [9.17, 15) is 14.7 Å². The van der Waals surface area contributed by atoms with E-state index in [0.29, 0.717) is 16.4 Å². The Bertz CT molecular complexity index is 1350. The Morgan fingerprint density at radius 2 is 1.69 bits per heavy atom. The van der Waals surface area contributed by atoms with Crippen LogP contribution in [0.3, 0.4) is 0 Å². The second-order valence-corrected chi connectivity index (χ2v) is 10.2. The number of aryl methyl sites for hydroxylation is 2. The van der Waals surface area contributed by atoms with Gasteiger partial charge in [-0.15, -0.1) is 0 Å². The number of halogens is 1. The first-order valence-electron chi connectivity index (χ1n) is 11.7. The summed E-state index contributed by atoms with van der Waals surface area (Å²) in [6.45, 7) is 11.8. The van der Waals surface area contributed by atoms with Gasteiger partial charge in [-0.2, -0.15) is 9.67 Å². The SMILES string of the molecule is Cc1cc(C)c[n+](C2=C(c3c(C(C)C)nn(-c4cccc(Cl)c4)c3[O-])C(=O)N(CC(C)C)C2=O)c1. The summed E-state index contributed by atoms with van der Waals surface area (Å²) in [6, 6.07) is 8.81. The number of hydrogen-bond acceptors (Lipinski definition) is 4. The van der Waals surface area contributed by atoms with Crippen molar-refractivity contribution in [2.45, 2.75) is 47.5 Å². The summed E-state index contributed by atoms with van der Waals surface area (Å²) in [5.74, 6) is -1.45. The van der Waals surface area contributed by atoms with Gasteiger partial charge in [-0.1, -0.05) is 45.4 Å². The van der Waals surface area contributed by atoms with E-state index < -0.39 is 17.7 Å². The smallest absolute Gasteiger partial charge is 0.326 e. The van der Waals surface area contributed by atoms with E-state index in [4.69, 9.17) is 11.6 Å². The van der Waals surface area contributed by atoms with Gasteiger partial charge in [0.15, 0.2) is 12.4 Å².